The first kappa shape index (κ1) is 21.6. The Morgan fingerprint density at radius 2 is 1.94 bits per heavy atom. The minimum atomic E-state index is -0.0683. The maximum absolute atomic E-state index is 12.4. The summed E-state index contributed by atoms with van der Waals surface area (Å²) in [6, 6.07) is 16.4. The monoisotopic (exact) mass is 437 g/mol. The zero-order chi connectivity index (χ0) is 21.6. The Balaban J connectivity index is 1.29. The molecule has 0 amide bonds. The Hall–Kier alpha value is -2.63. The van der Waals surface area contributed by atoms with Gasteiger partial charge < -0.3 is 9.30 Å². The van der Waals surface area contributed by atoms with E-state index < -0.39 is 0 Å². The number of aryl methyl sites for hydroxylation is 2. The van der Waals surface area contributed by atoms with E-state index in [-0.39, 0.29) is 5.56 Å². The largest absolute Gasteiger partial charge is 0.487 e. The van der Waals surface area contributed by atoms with Crippen LogP contribution in [0.4, 0.5) is 0 Å². The average molecular weight is 438 g/mol. The van der Waals surface area contributed by atoms with E-state index in [2.05, 4.69) is 41.1 Å². The standard InChI is InChI=1S/C25H28ClN3O2/c1-19-3-2-12-29(19)17-21-6-4-20(5-7-21)10-13-28-14-11-24(15-25(28)30)31-18-23-9-8-22(26)16-27-23/h4-9,11,14-16,19H,2-3,10,12-13,17-18H2,1H3/t19-/m1/s1. The van der Waals surface area contributed by atoms with E-state index in [1.807, 2.05) is 6.07 Å². The summed E-state index contributed by atoms with van der Waals surface area (Å²) in [5.74, 6) is 0.540. The van der Waals surface area contributed by atoms with E-state index in [1.165, 1.54) is 36.6 Å². The van der Waals surface area contributed by atoms with Crippen LogP contribution in [0.2, 0.25) is 5.02 Å². The van der Waals surface area contributed by atoms with Crippen LogP contribution in [0.25, 0.3) is 0 Å². The summed E-state index contributed by atoms with van der Waals surface area (Å²) in [5.41, 5.74) is 3.28. The van der Waals surface area contributed by atoms with Crippen molar-refractivity contribution in [2.45, 2.75) is 51.9 Å². The first-order valence-corrected chi connectivity index (χ1v) is 11.2. The third-order valence-electron chi connectivity index (χ3n) is 5.88. The molecule has 0 saturated carbocycles. The van der Waals surface area contributed by atoms with Crippen LogP contribution in [0.3, 0.4) is 0 Å². The van der Waals surface area contributed by atoms with E-state index in [1.54, 1.807) is 29.1 Å². The van der Waals surface area contributed by atoms with E-state index in [4.69, 9.17) is 16.3 Å². The number of pyridine rings is 2. The minimum absolute atomic E-state index is 0.0683. The number of benzene rings is 1. The summed E-state index contributed by atoms with van der Waals surface area (Å²) < 4.78 is 7.40. The highest BCUT2D eigenvalue weighted by atomic mass is 35.5. The average Bonchev–Trinajstić information content (AvgIpc) is 3.18. The molecule has 1 aliphatic rings. The van der Waals surface area contributed by atoms with E-state index >= 15 is 0 Å². The highest BCUT2D eigenvalue weighted by Crippen LogP contribution is 2.19. The number of aromatic nitrogens is 2. The molecule has 6 heteroatoms. The number of halogens is 1. The Kier molecular flexibility index (Phi) is 7.05. The van der Waals surface area contributed by atoms with E-state index in [0.29, 0.717) is 30.0 Å². The fraction of sp³-hybridized carbons (Fsp3) is 0.360. The first-order valence-electron chi connectivity index (χ1n) is 10.8. The van der Waals surface area contributed by atoms with Crippen LogP contribution < -0.4 is 10.3 Å². The zero-order valence-corrected chi connectivity index (χ0v) is 18.6. The van der Waals surface area contributed by atoms with Gasteiger partial charge in [-0.2, -0.15) is 0 Å². The van der Waals surface area contributed by atoms with Gasteiger partial charge in [-0.15, -0.1) is 0 Å². The molecule has 0 spiro atoms. The second-order valence-electron chi connectivity index (χ2n) is 8.18. The molecule has 0 bridgehead atoms. The summed E-state index contributed by atoms with van der Waals surface area (Å²) in [5, 5.41) is 0.585. The lowest BCUT2D eigenvalue weighted by Crippen LogP contribution is -2.26. The molecule has 1 aliphatic heterocycles. The van der Waals surface area contributed by atoms with Gasteiger partial charge >= 0.3 is 0 Å². The third kappa shape index (κ3) is 5.96. The molecule has 4 rings (SSSR count). The smallest absolute Gasteiger partial charge is 0.254 e. The number of hydrogen-bond donors (Lipinski definition) is 0. The SMILES string of the molecule is C[C@@H]1CCCN1Cc1ccc(CCn2ccc(OCc3ccc(Cl)cn3)cc2=O)cc1. The van der Waals surface area contributed by atoms with Crippen LogP contribution in [0.5, 0.6) is 5.75 Å². The molecule has 1 aromatic carbocycles. The normalized spacial score (nSPS) is 16.5. The zero-order valence-electron chi connectivity index (χ0n) is 17.8. The first-order chi connectivity index (χ1) is 15.1. The van der Waals surface area contributed by atoms with Gasteiger partial charge in [0.25, 0.3) is 5.56 Å². The second-order valence-corrected chi connectivity index (χ2v) is 8.62. The predicted octanol–water partition coefficient (Wildman–Crippen LogP) is 4.70. The Bertz CT molecular complexity index is 1050. The fourth-order valence-corrected chi connectivity index (χ4v) is 4.05. The lowest BCUT2D eigenvalue weighted by atomic mass is 10.1. The van der Waals surface area contributed by atoms with Crippen LogP contribution in [0, 0.1) is 0 Å². The molecule has 2 aromatic heterocycles. The summed E-state index contributed by atoms with van der Waals surface area (Å²) in [7, 11) is 0. The lowest BCUT2D eigenvalue weighted by Gasteiger charge is -2.21. The number of rotatable bonds is 8. The molecular formula is C25H28ClN3O2. The molecular weight excluding hydrogens is 410 g/mol. The third-order valence-corrected chi connectivity index (χ3v) is 6.11. The summed E-state index contributed by atoms with van der Waals surface area (Å²) in [6.07, 6.45) is 6.79. The van der Waals surface area contributed by atoms with Crippen molar-refractivity contribution in [3.8, 4) is 5.75 Å². The van der Waals surface area contributed by atoms with Crippen molar-refractivity contribution < 1.29 is 4.74 Å². The van der Waals surface area contributed by atoms with Gasteiger partial charge in [-0.05, 0) is 62.1 Å². The van der Waals surface area contributed by atoms with Gasteiger partial charge in [0, 0.05) is 37.6 Å². The van der Waals surface area contributed by atoms with Crippen molar-refractivity contribution in [2.75, 3.05) is 6.54 Å². The molecule has 5 nitrogen and oxygen atoms in total. The molecule has 1 fully saturated rings. The second kappa shape index (κ2) is 10.1. The summed E-state index contributed by atoms with van der Waals surface area (Å²) in [4.78, 5) is 19.2. The molecule has 3 heterocycles. The Morgan fingerprint density at radius 1 is 1.13 bits per heavy atom. The lowest BCUT2D eigenvalue weighted by molar-refractivity contribution is 0.260. The topological polar surface area (TPSA) is 47.4 Å². The maximum Gasteiger partial charge on any atom is 0.254 e. The molecule has 0 radical (unpaired) electrons. The van der Waals surface area contributed by atoms with E-state index in [0.717, 1.165) is 18.7 Å². The van der Waals surface area contributed by atoms with Crippen LogP contribution in [-0.4, -0.2) is 27.0 Å². The molecule has 0 N–H and O–H groups in total. The van der Waals surface area contributed by atoms with Crippen LogP contribution in [0.15, 0.2) is 65.7 Å². The molecule has 1 saturated heterocycles. The molecule has 162 valence electrons. The number of hydrogen-bond acceptors (Lipinski definition) is 4. The highest BCUT2D eigenvalue weighted by molar-refractivity contribution is 6.30. The van der Waals surface area contributed by atoms with Crippen molar-refractivity contribution in [2.24, 2.45) is 0 Å². The van der Waals surface area contributed by atoms with Crippen molar-refractivity contribution in [3.05, 3.63) is 93.1 Å². The molecule has 0 unspecified atom stereocenters. The van der Waals surface area contributed by atoms with Crippen LogP contribution in [-0.2, 0) is 26.1 Å². The Morgan fingerprint density at radius 3 is 2.61 bits per heavy atom. The maximum atomic E-state index is 12.4. The van der Waals surface area contributed by atoms with Crippen LogP contribution in [0.1, 0.15) is 36.6 Å². The van der Waals surface area contributed by atoms with E-state index in [9.17, 15) is 4.79 Å². The van der Waals surface area contributed by atoms with Gasteiger partial charge in [0.05, 0.1) is 10.7 Å². The fourth-order valence-electron chi connectivity index (χ4n) is 3.94. The predicted molar refractivity (Wildman–Crippen MR) is 124 cm³/mol. The van der Waals surface area contributed by atoms with Gasteiger partial charge in [0.2, 0.25) is 0 Å². The van der Waals surface area contributed by atoms with Crippen molar-refractivity contribution in [1.29, 1.82) is 0 Å². The van der Waals surface area contributed by atoms with Crippen molar-refractivity contribution in [3.63, 3.8) is 0 Å². The number of ether oxygens (including phenoxy) is 1. The quantitative estimate of drug-likeness (QED) is 0.512. The van der Waals surface area contributed by atoms with Gasteiger partial charge in [-0.25, -0.2) is 0 Å². The number of likely N-dealkylation sites (tertiary alicyclic amines) is 1. The highest BCUT2D eigenvalue weighted by Gasteiger charge is 2.19. The van der Waals surface area contributed by atoms with Crippen molar-refractivity contribution >= 4 is 11.6 Å². The van der Waals surface area contributed by atoms with Gasteiger partial charge in [-0.3, -0.25) is 14.7 Å². The summed E-state index contributed by atoms with van der Waals surface area (Å²) >= 11 is 5.84. The Labute approximate surface area is 188 Å². The summed E-state index contributed by atoms with van der Waals surface area (Å²) in [6.45, 7) is 5.46. The molecule has 3 aromatic rings. The minimum Gasteiger partial charge on any atom is -0.487 e. The van der Waals surface area contributed by atoms with Gasteiger partial charge in [0.15, 0.2) is 0 Å². The van der Waals surface area contributed by atoms with Crippen molar-refractivity contribution in [1.82, 2.24) is 14.5 Å². The molecule has 0 aliphatic carbocycles. The molecule has 1 atom stereocenters. The van der Waals surface area contributed by atoms with Gasteiger partial charge in [0.1, 0.15) is 12.4 Å². The van der Waals surface area contributed by atoms with Crippen LogP contribution >= 0.6 is 11.6 Å². The molecule has 31 heavy (non-hydrogen) atoms. The van der Waals surface area contributed by atoms with Gasteiger partial charge in [-0.1, -0.05) is 35.9 Å². The number of nitrogens with zero attached hydrogens (tertiary/aromatic N) is 3.